The Labute approximate surface area is 235 Å². The molecule has 2 N–H and O–H groups in total. The largest absolute Gasteiger partial charge is 0.497 e. The smallest absolute Gasteiger partial charge is 0.416 e. The molecule has 0 aliphatic heterocycles. The zero-order valence-electron chi connectivity index (χ0n) is 22.5. The van der Waals surface area contributed by atoms with Crippen LogP contribution in [0.5, 0.6) is 11.5 Å². The standard InChI is InChI=1S/C29H28F3NO2.C2H2O4/c1-33(20-21-6-4-3-5-7-21)17-16-28(35-26-14-11-25(12-15-26)29(30,31)32)24-9-8-23-19-27(34-2)13-10-22(23)18-24;3-1(4)2(5)6/h3-15,18-19,28H,16-17,20H2,1-2H3;(H,3,4)(H,5,6). The van der Waals surface area contributed by atoms with Crippen LogP contribution in [0, 0.1) is 0 Å². The molecule has 4 rings (SSSR count). The Morgan fingerprint density at radius 2 is 1.41 bits per heavy atom. The van der Waals surface area contributed by atoms with Gasteiger partial charge < -0.3 is 24.6 Å². The van der Waals surface area contributed by atoms with E-state index >= 15 is 0 Å². The molecule has 0 aromatic heterocycles. The minimum atomic E-state index is -4.38. The lowest BCUT2D eigenvalue weighted by atomic mass is 10.0. The van der Waals surface area contributed by atoms with Gasteiger partial charge in [0, 0.05) is 19.5 Å². The minimum Gasteiger partial charge on any atom is -0.497 e. The second-order valence-electron chi connectivity index (χ2n) is 9.22. The maximum absolute atomic E-state index is 13.0. The summed E-state index contributed by atoms with van der Waals surface area (Å²) >= 11 is 0. The van der Waals surface area contributed by atoms with Crippen LogP contribution in [0.1, 0.15) is 29.2 Å². The second-order valence-corrected chi connectivity index (χ2v) is 9.22. The predicted octanol–water partition coefficient (Wildman–Crippen LogP) is 6.67. The summed E-state index contributed by atoms with van der Waals surface area (Å²) in [5.74, 6) is -2.46. The molecule has 4 aromatic carbocycles. The average molecular weight is 570 g/mol. The fourth-order valence-corrected chi connectivity index (χ4v) is 4.06. The van der Waals surface area contributed by atoms with Crippen molar-refractivity contribution in [2.75, 3.05) is 20.7 Å². The van der Waals surface area contributed by atoms with Crippen molar-refractivity contribution in [2.45, 2.75) is 25.2 Å². The molecular weight excluding hydrogens is 539 g/mol. The molecule has 0 saturated heterocycles. The number of halogens is 3. The van der Waals surface area contributed by atoms with E-state index in [1.807, 2.05) is 48.5 Å². The number of carboxylic acid groups (broad SMARTS) is 2. The molecule has 4 aromatic rings. The highest BCUT2D eigenvalue weighted by molar-refractivity contribution is 6.27. The number of rotatable bonds is 9. The lowest BCUT2D eigenvalue weighted by Gasteiger charge is -2.24. The van der Waals surface area contributed by atoms with Gasteiger partial charge in [0.2, 0.25) is 0 Å². The first-order valence-electron chi connectivity index (χ1n) is 12.6. The van der Waals surface area contributed by atoms with Crippen LogP contribution in [-0.2, 0) is 22.3 Å². The van der Waals surface area contributed by atoms with Crippen molar-refractivity contribution in [1.82, 2.24) is 4.90 Å². The minimum absolute atomic E-state index is 0.323. The van der Waals surface area contributed by atoms with E-state index in [-0.39, 0.29) is 6.10 Å². The van der Waals surface area contributed by atoms with Crippen LogP contribution in [-0.4, -0.2) is 47.8 Å². The maximum atomic E-state index is 13.0. The molecule has 0 aliphatic carbocycles. The fourth-order valence-electron chi connectivity index (χ4n) is 4.06. The molecule has 0 aliphatic rings. The van der Waals surface area contributed by atoms with E-state index in [9.17, 15) is 13.2 Å². The number of nitrogens with zero attached hydrogens (tertiary/aromatic N) is 1. The summed E-state index contributed by atoms with van der Waals surface area (Å²) in [5.41, 5.74) is 1.49. The number of carboxylic acids is 2. The Morgan fingerprint density at radius 1 is 0.829 bits per heavy atom. The summed E-state index contributed by atoms with van der Waals surface area (Å²) < 4.78 is 50.5. The molecule has 1 unspecified atom stereocenters. The van der Waals surface area contributed by atoms with Crippen LogP contribution in [0.2, 0.25) is 0 Å². The van der Waals surface area contributed by atoms with Gasteiger partial charge in [-0.15, -0.1) is 0 Å². The highest BCUT2D eigenvalue weighted by Crippen LogP contribution is 2.33. The maximum Gasteiger partial charge on any atom is 0.416 e. The number of fused-ring (bicyclic) bond motifs is 1. The van der Waals surface area contributed by atoms with Crippen molar-refractivity contribution in [3.63, 3.8) is 0 Å². The number of aliphatic carboxylic acids is 2. The number of ether oxygens (including phenoxy) is 2. The van der Waals surface area contributed by atoms with Crippen LogP contribution in [0.15, 0.2) is 91.0 Å². The van der Waals surface area contributed by atoms with Gasteiger partial charge in [0.05, 0.1) is 12.7 Å². The van der Waals surface area contributed by atoms with Gasteiger partial charge in [-0.25, -0.2) is 9.59 Å². The zero-order valence-corrected chi connectivity index (χ0v) is 22.5. The Morgan fingerprint density at radius 3 is 2.00 bits per heavy atom. The number of alkyl halides is 3. The van der Waals surface area contributed by atoms with Gasteiger partial charge >= 0.3 is 18.1 Å². The molecule has 0 spiro atoms. The molecule has 0 amide bonds. The van der Waals surface area contributed by atoms with Crippen molar-refractivity contribution in [2.24, 2.45) is 0 Å². The third kappa shape index (κ3) is 9.54. The summed E-state index contributed by atoms with van der Waals surface area (Å²) in [7, 11) is 3.68. The van der Waals surface area contributed by atoms with E-state index < -0.39 is 23.7 Å². The third-order valence-electron chi connectivity index (χ3n) is 6.15. The van der Waals surface area contributed by atoms with E-state index in [1.165, 1.54) is 17.7 Å². The number of benzene rings is 4. The van der Waals surface area contributed by atoms with Crippen molar-refractivity contribution in [3.05, 3.63) is 108 Å². The summed E-state index contributed by atoms with van der Waals surface area (Å²) in [6.45, 7) is 1.55. The van der Waals surface area contributed by atoms with Crippen molar-refractivity contribution in [3.8, 4) is 11.5 Å². The number of carbonyl (C=O) groups is 2. The second kappa shape index (κ2) is 14.2. The molecule has 41 heavy (non-hydrogen) atoms. The molecule has 0 saturated carbocycles. The van der Waals surface area contributed by atoms with Crippen LogP contribution in [0.3, 0.4) is 0 Å². The Balaban J connectivity index is 0.000000696. The lowest BCUT2D eigenvalue weighted by Crippen LogP contribution is -2.22. The number of methoxy groups -OCH3 is 1. The first-order chi connectivity index (χ1) is 19.5. The molecule has 7 nitrogen and oxygen atoms in total. The Hall–Kier alpha value is -4.57. The van der Waals surface area contributed by atoms with Gasteiger partial charge in [0.25, 0.3) is 0 Å². The third-order valence-corrected chi connectivity index (χ3v) is 6.15. The number of hydrogen-bond donors (Lipinski definition) is 2. The summed E-state index contributed by atoms with van der Waals surface area (Å²) in [5, 5.41) is 16.9. The quantitative estimate of drug-likeness (QED) is 0.218. The van der Waals surface area contributed by atoms with Crippen LogP contribution in [0.4, 0.5) is 13.2 Å². The molecule has 0 bridgehead atoms. The van der Waals surface area contributed by atoms with E-state index in [1.54, 1.807) is 7.11 Å². The molecule has 0 fully saturated rings. The predicted molar refractivity (Wildman–Crippen MR) is 148 cm³/mol. The molecule has 1 atom stereocenters. The fraction of sp³-hybridized carbons (Fsp3) is 0.226. The van der Waals surface area contributed by atoms with Gasteiger partial charge in [-0.05, 0) is 71.4 Å². The van der Waals surface area contributed by atoms with E-state index in [0.717, 1.165) is 47.3 Å². The lowest BCUT2D eigenvalue weighted by molar-refractivity contribution is -0.159. The highest BCUT2D eigenvalue weighted by Gasteiger charge is 2.30. The summed E-state index contributed by atoms with van der Waals surface area (Å²) in [6.07, 6.45) is -4.03. The van der Waals surface area contributed by atoms with Crippen molar-refractivity contribution < 1.29 is 42.4 Å². The van der Waals surface area contributed by atoms with Crippen LogP contribution < -0.4 is 9.47 Å². The zero-order chi connectivity index (χ0) is 30.0. The molecule has 0 heterocycles. The Bertz CT molecular complexity index is 1430. The van der Waals surface area contributed by atoms with Gasteiger partial charge in [-0.2, -0.15) is 13.2 Å². The van der Waals surface area contributed by atoms with Crippen LogP contribution >= 0.6 is 0 Å². The SMILES string of the molecule is COc1ccc2cc(C(CCN(C)Cc3ccccc3)Oc3ccc(C(F)(F)F)cc3)ccc2c1.O=C(O)C(=O)O. The van der Waals surface area contributed by atoms with Gasteiger partial charge in [0.15, 0.2) is 0 Å². The van der Waals surface area contributed by atoms with Gasteiger partial charge in [-0.3, -0.25) is 0 Å². The van der Waals surface area contributed by atoms with Gasteiger partial charge in [-0.1, -0.05) is 48.5 Å². The average Bonchev–Trinajstić information content (AvgIpc) is 2.95. The van der Waals surface area contributed by atoms with Crippen molar-refractivity contribution in [1.29, 1.82) is 0 Å². The first kappa shape index (κ1) is 31.0. The van der Waals surface area contributed by atoms with E-state index in [0.29, 0.717) is 12.2 Å². The van der Waals surface area contributed by atoms with E-state index in [2.05, 4.69) is 30.1 Å². The van der Waals surface area contributed by atoms with E-state index in [4.69, 9.17) is 29.3 Å². The highest BCUT2D eigenvalue weighted by atomic mass is 19.4. The summed E-state index contributed by atoms with van der Waals surface area (Å²) in [6, 6.07) is 27.1. The molecular formula is C31H30F3NO6. The topological polar surface area (TPSA) is 96.3 Å². The van der Waals surface area contributed by atoms with Gasteiger partial charge in [0.1, 0.15) is 17.6 Å². The first-order valence-corrected chi connectivity index (χ1v) is 12.6. The normalized spacial score (nSPS) is 11.9. The number of hydrogen-bond acceptors (Lipinski definition) is 5. The van der Waals surface area contributed by atoms with Crippen LogP contribution in [0.25, 0.3) is 10.8 Å². The van der Waals surface area contributed by atoms with Crippen molar-refractivity contribution >= 4 is 22.7 Å². The summed E-state index contributed by atoms with van der Waals surface area (Å²) in [4.78, 5) is 20.4. The molecule has 10 heteroatoms. The Kier molecular flexibility index (Phi) is 10.7. The molecule has 0 radical (unpaired) electrons. The monoisotopic (exact) mass is 569 g/mol. The molecule has 216 valence electrons.